The molecular weight excluding hydrogens is 251 g/mol. The molecule has 116 valence electrons. The lowest BCUT2D eigenvalue weighted by molar-refractivity contribution is 0.252. The zero-order chi connectivity index (χ0) is 14.4. The van der Waals surface area contributed by atoms with Gasteiger partial charge in [-0.25, -0.2) is 0 Å². The number of rotatable bonds is 14. The Bertz CT molecular complexity index is 156. The van der Waals surface area contributed by atoms with Gasteiger partial charge in [0.1, 0.15) is 0 Å². The number of hydrogen-bond acceptors (Lipinski definition) is 1. The van der Waals surface area contributed by atoms with Crippen molar-refractivity contribution in [2.24, 2.45) is 0 Å². The zero-order valence-corrected chi connectivity index (χ0v) is 14.9. The highest BCUT2D eigenvalue weighted by Gasteiger charge is 2.35. The average Bonchev–Trinajstić information content (AvgIpc) is 2.40. The lowest BCUT2D eigenvalue weighted by atomic mass is 10.3. The Morgan fingerprint density at radius 3 is 1.26 bits per heavy atom. The molecule has 0 aliphatic carbocycles. The minimum atomic E-state index is -0.807. The Labute approximate surface area is 123 Å². The van der Waals surface area contributed by atoms with Gasteiger partial charge >= 0.3 is 0 Å². The van der Waals surface area contributed by atoms with Gasteiger partial charge in [0.05, 0.1) is 18.5 Å². The SMILES string of the molecule is CCCCC[P+](CCCCC)(CCCCC)COC. The molecule has 0 aromatic rings. The van der Waals surface area contributed by atoms with E-state index < -0.39 is 7.26 Å². The first-order chi connectivity index (χ1) is 9.24. The molecule has 0 aliphatic rings. The maximum atomic E-state index is 5.65. The Balaban J connectivity index is 4.37. The monoisotopic (exact) mass is 289 g/mol. The van der Waals surface area contributed by atoms with E-state index in [2.05, 4.69) is 20.8 Å². The number of ether oxygens (including phenoxy) is 1. The molecule has 0 radical (unpaired) electrons. The fraction of sp³-hybridized carbons (Fsp3) is 1.00. The van der Waals surface area contributed by atoms with E-state index in [1.807, 2.05) is 7.11 Å². The second kappa shape index (κ2) is 13.4. The van der Waals surface area contributed by atoms with Crippen molar-refractivity contribution in [1.82, 2.24) is 0 Å². The summed E-state index contributed by atoms with van der Waals surface area (Å²) in [5, 5.41) is 0. The maximum absolute atomic E-state index is 5.65. The van der Waals surface area contributed by atoms with Crippen molar-refractivity contribution in [2.75, 3.05) is 31.9 Å². The highest BCUT2D eigenvalue weighted by molar-refractivity contribution is 7.75. The first kappa shape index (κ1) is 19.4. The molecular formula is C17H38OP+. The van der Waals surface area contributed by atoms with Crippen molar-refractivity contribution < 1.29 is 4.74 Å². The van der Waals surface area contributed by atoms with Crippen LogP contribution in [0.1, 0.15) is 78.6 Å². The Hall–Kier alpha value is 0.390. The topological polar surface area (TPSA) is 9.23 Å². The van der Waals surface area contributed by atoms with E-state index in [1.54, 1.807) is 0 Å². The summed E-state index contributed by atoms with van der Waals surface area (Å²) < 4.78 is 5.65. The van der Waals surface area contributed by atoms with Crippen molar-refractivity contribution in [2.45, 2.75) is 78.6 Å². The van der Waals surface area contributed by atoms with E-state index >= 15 is 0 Å². The van der Waals surface area contributed by atoms with Crippen LogP contribution in [0.4, 0.5) is 0 Å². The first-order valence-electron chi connectivity index (χ1n) is 8.58. The Kier molecular flexibility index (Phi) is 13.7. The van der Waals surface area contributed by atoms with Crippen LogP contribution in [0.15, 0.2) is 0 Å². The highest BCUT2D eigenvalue weighted by Crippen LogP contribution is 2.60. The van der Waals surface area contributed by atoms with Crippen LogP contribution in [0.25, 0.3) is 0 Å². The van der Waals surface area contributed by atoms with E-state index in [0.717, 1.165) is 6.35 Å². The summed E-state index contributed by atoms with van der Waals surface area (Å²) in [6, 6.07) is 0. The molecule has 0 saturated carbocycles. The third kappa shape index (κ3) is 9.85. The molecule has 0 atom stereocenters. The van der Waals surface area contributed by atoms with E-state index in [4.69, 9.17) is 4.74 Å². The number of methoxy groups -OCH3 is 1. The molecule has 0 amide bonds. The Morgan fingerprint density at radius 1 is 0.632 bits per heavy atom. The van der Waals surface area contributed by atoms with Crippen LogP contribution in [0, 0.1) is 0 Å². The standard InChI is InChI=1S/C17H38OP/c1-5-8-11-14-19(17-18-4,15-12-9-6-2)16-13-10-7-3/h5-17H2,1-4H3/q+1. The fourth-order valence-corrected chi connectivity index (χ4v) is 7.18. The molecule has 2 heteroatoms. The molecule has 0 saturated heterocycles. The van der Waals surface area contributed by atoms with E-state index in [1.165, 1.54) is 76.3 Å². The zero-order valence-electron chi connectivity index (χ0n) is 14.0. The second-order valence-corrected chi connectivity index (χ2v) is 10.3. The highest BCUT2D eigenvalue weighted by atomic mass is 31.2. The predicted molar refractivity (Wildman–Crippen MR) is 92.0 cm³/mol. The van der Waals surface area contributed by atoms with Gasteiger partial charge in [-0.2, -0.15) is 0 Å². The summed E-state index contributed by atoms with van der Waals surface area (Å²) in [7, 11) is 1.10. The van der Waals surface area contributed by atoms with E-state index in [0.29, 0.717) is 0 Å². The third-order valence-electron chi connectivity index (χ3n) is 4.11. The molecule has 0 aromatic heterocycles. The van der Waals surface area contributed by atoms with Gasteiger partial charge in [0.15, 0.2) is 6.35 Å². The van der Waals surface area contributed by atoms with Gasteiger partial charge in [0.2, 0.25) is 0 Å². The van der Waals surface area contributed by atoms with Crippen LogP contribution < -0.4 is 0 Å². The molecule has 1 nitrogen and oxygen atoms in total. The molecule has 0 heterocycles. The molecule has 0 aromatic carbocycles. The average molecular weight is 289 g/mol. The minimum Gasteiger partial charge on any atom is -0.350 e. The third-order valence-corrected chi connectivity index (χ3v) is 8.71. The summed E-state index contributed by atoms with van der Waals surface area (Å²) in [6.07, 6.45) is 18.1. The van der Waals surface area contributed by atoms with Gasteiger partial charge in [-0.15, -0.1) is 0 Å². The van der Waals surface area contributed by atoms with Crippen molar-refractivity contribution in [3.8, 4) is 0 Å². The molecule has 0 fully saturated rings. The second-order valence-electron chi connectivity index (χ2n) is 6.05. The summed E-state index contributed by atoms with van der Waals surface area (Å²) in [4.78, 5) is 0. The molecule has 0 rings (SSSR count). The van der Waals surface area contributed by atoms with Crippen LogP contribution in [0.3, 0.4) is 0 Å². The quantitative estimate of drug-likeness (QED) is 0.274. The van der Waals surface area contributed by atoms with E-state index in [-0.39, 0.29) is 0 Å². The van der Waals surface area contributed by atoms with E-state index in [9.17, 15) is 0 Å². The number of hydrogen-bond donors (Lipinski definition) is 0. The molecule has 19 heavy (non-hydrogen) atoms. The van der Waals surface area contributed by atoms with Gasteiger partial charge in [-0.3, -0.25) is 0 Å². The lowest BCUT2D eigenvalue weighted by Gasteiger charge is -2.27. The van der Waals surface area contributed by atoms with Crippen LogP contribution in [0.5, 0.6) is 0 Å². The molecule has 0 spiro atoms. The van der Waals surface area contributed by atoms with Crippen molar-refractivity contribution in [1.29, 1.82) is 0 Å². The number of unbranched alkanes of at least 4 members (excludes halogenated alkanes) is 6. The van der Waals surface area contributed by atoms with Crippen molar-refractivity contribution in [3.05, 3.63) is 0 Å². The van der Waals surface area contributed by atoms with Crippen LogP contribution in [-0.2, 0) is 4.74 Å². The van der Waals surface area contributed by atoms with Crippen LogP contribution >= 0.6 is 7.26 Å². The minimum absolute atomic E-state index is 0.807. The van der Waals surface area contributed by atoms with Gasteiger partial charge in [-0.1, -0.05) is 59.3 Å². The lowest BCUT2D eigenvalue weighted by Crippen LogP contribution is -2.14. The fourth-order valence-electron chi connectivity index (χ4n) is 2.89. The van der Waals surface area contributed by atoms with Gasteiger partial charge in [-0.05, 0) is 19.3 Å². The van der Waals surface area contributed by atoms with Crippen molar-refractivity contribution in [3.63, 3.8) is 0 Å². The summed E-state index contributed by atoms with van der Waals surface area (Å²) in [6.45, 7) is 6.93. The smallest absolute Gasteiger partial charge is 0.156 e. The van der Waals surface area contributed by atoms with Crippen LogP contribution in [0.2, 0.25) is 0 Å². The first-order valence-corrected chi connectivity index (χ1v) is 11.1. The summed E-state index contributed by atoms with van der Waals surface area (Å²) in [5.41, 5.74) is 0. The van der Waals surface area contributed by atoms with Gasteiger partial charge in [0.25, 0.3) is 0 Å². The maximum Gasteiger partial charge on any atom is 0.156 e. The Morgan fingerprint density at radius 2 is 1.00 bits per heavy atom. The molecule has 0 aliphatic heterocycles. The predicted octanol–water partition coefficient (Wildman–Crippen LogP) is 6.18. The van der Waals surface area contributed by atoms with Gasteiger partial charge in [0, 0.05) is 14.4 Å². The molecule has 0 unspecified atom stereocenters. The van der Waals surface area contributed by atoms with Crippen molar-refractivity contribution >= 4 is 7.26 Å². The molecule has 0 N–H and O–H groups in total. The summed E-state index contributed by atoms with van der Waals surface area (Å²) in [5.74, 6) is 0. The summed E-state index contributed by atoms with van der Waals surface area (Å²) >= 11 is 0. The van der Waals surface area contributed by atoms with Gasteiger partial charge < -0.3 is 4.74 Å². The molecule has 0 bridgehead atoms. The van der Waals surface area contributed by atoms with Crippen LogP contribution in [-0.4, -0.2) is 31.9 Å². The normalized spacial score (nSPS) is 12.0. The largest absolute Gasteiger partial charge is 0.350 e.